The van der Waals surface area contributed by atoms with Crippen LogP contribution in [0.25, 0.3) is 0 Å². The maximum atomic E-state index is 11.3. The van der Waals surface area contributed by atoms with Gasteiger partial charge in [-0.2, -0.15) is 0 Å². The molecule has 0 spiro atoms. The molecular formula is C11H14N2OS. The van der Waals surface area contributed by atoms with Crippen molar-refractivity contribution in [3.8, 4) is 0 Å². The Labute approximate surface area is 93.6 Å². The Morgan fingerprint density at radius 3 is 2.93 bits per heavy atom. The van der Waals surface area contributed by atoms with Gasteiger partial charge in [-0.3, -0.25) is 4.79 Å². The van der Waals surface area contributed by atoms with E-state index in [9.17, 15) is 4.79 Å². The van der Waals surface area contributed by atoms with Gasteiger partial charge in [-0.15, -0.1) is 11.8 Å². The molecule has 15 heavy (non-hydrogen) atoms. The molecular weight excluding hydrogens is 208 g/mol. The zero-order chi connectivity index (χ0) is 10.8. The van der Waals surface area contributed by atoms with Crippen LogP contribution in [0.5, 0.6) is 0 Å². The van der Waals surface area contributed by atoms with E-state index in [-0.39, 0.29) is 11.3 Å². The highest BCUT2D eigenvalue weighted by Gasteiger charge is 2.30. The number of amides is 1. The fourth-order valence-electron chi connectivity index (χ4n) is 1.84. The second-order valence-electron chi connectivity index (χ2n) is 3.61. The Kier molecular flexibility index (Phi) is 2.86. The Morgan fingerprint density at radius 2 is 2.27 bits per heavy atom. The smallest absolute Gasteiger partial charge is 0.250 e. The summed E-state index contributed by atoms with van der Waals surface area (Å²) in [6.07, 6.45) is 0. The Balaban J connectivity index is 2.30. The van der Waals surface area contributed by atoms with Crippen LogP contribution in [-0.4, -0.2) is 23.6 Å². The largest absolute Gasteiger partial charge is 0.367 e. The SMILES string of the molecule is Cc1ccccc1N1CCS[C@@H]1C(N)=O. The number of rotatable bonds is 2. The standard InChI is InChI=1S/C11H14N2OS/c1-8-4-2-3-5-9(8)13-6-7-15-11(13)10(12)14/h2-5,11H,6-7H2,1H3,(H2,12,14)/t11-/m1/s1. The molecule has 80 valence electrons. The molecule has 0 aliphatic carbocycles. The summed E-state index contributed by atoms with van der Waals surface area (Å²) in [5.74, 6) is 0.711. The van der Waals surface area contributed by atoms with Crippen LogP contribution >= 0.6 is 11.8 Å². The van der Waals surface area contributed by atoms with E-state index >= 15 is 0 Å². The first kappa shape index (κ1) is 10.4. The van der Waals surface area contributed by atoms with Gasteiger partial charge in [0.1, 0.15) is 0 Å². The lowest BCUT2D eigenvalue weighted by molar-refractivity contribution is -0.117. The van der Waals surface area contributed by atoms with Gasteiger partial charge in [0.15, 0.2) is 5.37 Å². The average Bonchev–Trinajstić information content (AvgIpc) is 2.67. The molecule has 1 amide bonds. The maximum Gasteiger partial charge on any atom is 0.250 e. The molecule has 0 bridgehead atoms. The van der Waals surface area contributed by atoms with Gasteiger partial charge in [0.2, 0.25) is 0 Å². The number of carbonyl (C=O) groups is 1. The van der Waals surface area contributed by atoms with Crippen LogP contribution in [0, 0.1) is 6.92 Å². The van der Waals surface area contributed by atoms with E-state index in [1.165, 1.54) is 5.56 Å². The highest BCUT2D eigenvalue weighted by molar-refractivity contribution is 8.01. The molecule has 0 radical (unpaired) electrons. The number of aryl methyl sites for hydroxylation is 1. The zero-order valence-electron chi connectivity index (χ0n) is 8.64. The predicted molar refractivity (Wildman–Crippen MR) is 64.0 cm³/mol. The van der Waals surface area contributed by atoms with Gasteiger partial charge in [-0.05, 0) is 18.6 Å². The molecule has 1 aromatic carbocycles. The Bertz CT molecular complexity index is 381. The minimum absolute atomic E-state index is 0.203. The molecule has 1 saturated heterocycles. The molecule has 4 heteroatoms. The first-order valence-electron chi connectivity index (χ1n) is 4.93. The molecule has 0 saturated carbocycles. The monoisotopic (exact) mass is 222 g/mol. The Morgan fingerprint density at radius 1 is 1.53 bits per heavy atom. The lowest BCUT2D eigenvalue weighted by Crippen LogP contribution is -2.39. The first-order valence-corrected chi connectivity index (χ1v) is 5.98. The van der Waals surface area contributed by atoms with Crippen molar-refractivity contribution < 1.29 is 4.79 Å². The van der Waals surface area contributed by atoms with Gasteiger partial charge in [0.05, 0.1) is 0 Å². The number of nitrogens with two attached hydrogens (primary N) is 1. The summed E-state index contributed by atoms with van der Waals surface area (Å²) in [4.78, 5) is 13.3. The van der Waals surface area contributed by atoms with E-state index < -0.39 is 0 Å². The van der Waals surface area contributed by atoms with Crippen molar-refractivity contribution in [3.05, 3.63) is 29.8 Å². The van der Waals surface area contributed by atoms with Gasteiger partial charge in [0.25, 0.3) is 5.91 Å². The van der Waals surface area contributed by atoms with E-state index in [1.54, 1.807) is 11.8 Å². The maximum absolute atomic E-state index is 11.3. The molecule has 0 unspecified atom stereocenters. The van der Waals surface area contributed by atoms with Crippen LogP contribution in [0.3, 0.4) is 0 Å². The molecule has 1 aliphatic rings. The fourth-order valence-corrected chi connectivity index (χ4v) is 2.93. The number of hydrogen-bond acceptors (Lipinski definition) is 3. The summed E-state index contributed by atoms with van der Waals surface area (Å²) in [6, 6.07) is 8.08. The van der Waals surface area contributed by atoms with Crippen molar-refractivity contribution in [2.45, 2.75) is 12.3 Å². The zero-order valence-corrected chi connectivity index (χ0v) is 9.46. The highest BCUT2D eigenvalue weighted by atomic mass is 32.2. The fraction of sp³-hybridized carbons (Fsp3) is 0.364. The molecule has 3 nitrogen and oxygen atoms in total. The molecule has 2 rings (SSSR count). The number of para-hydroxylation sites is 1. The quantitative estimate of drug-likeness (QED) is 0.822. The van der Waals surface area contributed by atoms with Crippen LogP contribution in [0.2, 0.25) is 0 Å². The van der Waals surface area contributed by atoms with Crippen LogP contribution in [0.1, 0.15) is 5.56 Å². The van der Waals surface area contributed by atoms with Gasteiger partial charge < -0.3 is 10.6 Å². The van der Waals surface area contributed by atoms with E-state index in [0.29, 0.717) is 0 Å². The third-order valence-electron chi connectivity index (χ3n) is 2.56. The minimum atomic E-state index is -0.249. The molecule has 1 aliphatic heterocycles. The third-order valence-corrected chi connectivity index (χ3v) is 3.78. The molecule has 1 heterocycles. The molecule has 1 aromatic rings. The summed E-state index contributed by atoms with van der Waals surface area (Å²) < 4.78 is 0. The molecule has 1 fully saturated rings. The van der Waals surface area contributed by atoms with Crippen LogP contribution in [0.4, 0.5) is 5.69 Å². The van der Waals surface area contributed by atoms with Crippen molar-refractivity contribution in [1.82, 2.24) is 0 Å². The number of benzene rings is 1. The molecule has 0 aromatic heterocycles. The molecule has 1 atom stereocenters. The number of primary amides is 1. The average molecular weight is 222 g/mol. The van der Waals surface area contributed by atoms with Crippen molar-refractivity contribution in [2.24, 2.45) is 5.73 Å². The normalized spacial score (nSPS) is 20.6. The van der Waals surface area contributed by atoms with Gasteiger partial charge >= 0.3 is 0 Å². The summed E-state index contributed by atoms with van der Waals surface area (Å²) in [5, 5.41) is -0.203. The van der Waals surface area contributed by atoms with E-state index in [0.717, 1.165) is 18.0 Å². The van der Waals surface area contributed by atoms with Gasteiger partial charge in [-0.25, -0.2) is 0 Å². The first-order chi connectivity index (χ1) is 7.20. The molecule has 2 N–H and O–H groups in total. The summed E-state index contributed by atoms with van der Waals surface area (Å²) in [5.41, 5.74) is 7.68. The lowest BCUT2D eigenvalue weighted by Gasteiger charge is -2.24. The number of nitrogens with zero attached hydrogens (tertiary/aromatic N) is 1. The van der Waals surface area contributed by atoms with Gasteiger partial charge in [0, 0.05) is 18.0 Å². The van der Waals surface area contributed by atoms with Crippen molar-refractivity contribution in [1.29, 1.82) is 0 Å². The summed E-state index contributed by atoms with van der Waals surface area (Å²) in [7, 11) is 0. The second kappa shape index (κ2) is 4.14. The van der Waals surface area contributed by atoms with E-state index in [1.807, 2.05) is 18.2 Å². The third kappa shape index (κ3) is 1.95. The van der Waals surface area contributed by atoms with Crippen LogP contribution in [-0.2, 0) is 4.79 Å². The van der Waals surface area contributed by atoms with E-state index in [4.69, 9.17) is 5.73 Å². The highest BCUT2D eigenvalue weighted by Crippen LogP contribution is 2.31. The predicted octanol–water partition coefficient (Wildman–Crippen LogP) is 1.36. The van der Waals surface area contributed by atoms with Crippen molar-refractivity contribution in [2.75, 3.05) is 17.2 Å². The lowest BCUT2D eigenvalue weighted by atomic mass is 10.2. The van der Waals surface area contributed by atoms with Gasteiger partial charge in [-0.1, -0.05) is 18.2 Å². The van der Waals surface area contributed by atoms with E-state index in [2.05, 4.69) is 17.9 Å². The second-order valence-corrected chi connectivity index (χ2v) is 4.79. The number of carbonyl (C=O) groups excluding carboxylic acids is 1. The number of anilines is 1. The van der Waals surface area contributed by atoms with Crippen molar-refractivity contribution in [3.63, 3.8) is 0 Å². The Hall–Kier alpha value is -1.16. The summed E-state index contributed by atoms with van der Waals surface area (Å²) >= 11 is 1.61. The van der Waals surface area contributed by atoms with Crippen LogP contribution in [0.15, 0.2) is 24.3 Å². The topological polar surface area (TPSA) is 46.3 Å². The van der Waals surface area contributed by atoms with Crippen LogP contribution < -0.4 is 10.6 Å². The summed E-state index contributed by atoms with van der Waals surface area (Å²) in [6.45, 7) is 2.94. The number of thioether (sulfide) groups is 1. The van der Waals surface area contributed by atoms with Crippen molar-refractivity contribution >= 4 is 23.4 Å². The number of hydrogen-bond donors (Lipinski definition) is 1. The minimum Gasteiger partial charge on any atom is -0.367 e.